The number of rotatable bonds is 6. The van der Waals surface area contributed by atoms with Crippen LogP contribution in [0, 0.1) is 0 Å². The number of thiophene rings is 1. The van der Waals surface area contributed by atoms with Gasteiger partial charge in [0.25, 0.3) is 5.91 Å². The maximum absolute atomic E-state index is 12.8. The molecule has 12 heteroatoms. The molecule has 0 bridgehead atoms. The van der Waals surface area contributed by atoms with Crippen molar-refractivity contribution in [2.24, 2.45) is 0 Å². The van der Waals surface area contributed by atoms with E-state index in [2.05, 4.69) is 15.4 Å². The third-order valence-electron chi connectivity index (χ3n) is 4.38. The van der Waals surface area contributed by atoms with Crippen molar-refractivity contribution in [1.29, 1.82) is 0 Å². The summed E-state index contributed by atoms with van der Waals surface area (Å²) in [6.45, 7) is 1.22. The first-order chi connectivity index (χ1) is 13.3. The number of sulfonamides is 1. The summed E-state index contributed by atoms with van der Waals surface area (Å²) in [4.78, 5) is 17.9. The Balaban J connectivity index is 1.57. The number of anilines is 1. The van der Waals surface area contributed by atoms with Crippen LogP contribution in [0.3, 0.4) is 0 Å². The van der Waals surface area contributed by atoms with Gasteiger partial charge in [-0.05, 0) is 12.1 Å². The number of nitrogens with zero attached hydrogens (tertiary/aromatic N) is 4. The van der Waals surface area contributed by atoms with Crippen LogP contribution in [-0.2, 0) is 16.6 Å². The Morgan fingerprint density at radius 3 is 2.79 bits per heavy atom. The van der Waals surface area contributed by atoms with Crippen LogP contribution in [0.1, 0.15) is 27.0 Å². The fourth-order valence-electron chi connectivity index (χ4n) is 2.83. The Bertz CT molecular complexity index is 1100. The Morgan fingerprint density at radius 2 is 2.18 bits per heavy atom. The molecule has 3 aromatic heterocycles. The van der Waals surface area contributed by atoms with Crippen molar-refractivity contribution in [3.8, 4) is 0 Å². The maximum Gasteiger partial charge on any atom is 0.299 e. The minimum atomic E-state index is -3.21. The fraction of sp³-hybridized carbons (Fsp3) is 0.312. The van der Waals surface area contributed by atoms with Crippen LogP contribution in [0.5, 0.6) is 0 Å². The molecule has 0 unspecified atom stereocenters. The molecule has 0 atom stereocenters. The third kappa shape index (κ3) is 3.98. The van der Waals surface area contributed by atoms with E-state index in [1.807, 2.05) is 12.1 Å². The minimum absolute atomic E-state index is 0.0454. The van der Waals surface area contributed by atoms with Crippen molar-refractivity contribution in [2.45, 2.75) is 12.5 Å². The zero-order valence-corrected chi connectivity index (χ0v) is 17.9. The molecule has 0 aromatic carbocycles. The molecule has 1 aliphatic heterocycles. The summed E-state index contributed by atoms with van der Waals surface area (Å²) in [5.41, 5.74) is 2.58. The van der Waals surface area contributed by atoms with Gasteiger partial charge in [0.05, 0.1) is 28.3 Å². The number of carbonyl (C=O) groups is 1. The van der Waals surface area contributed by atoms with E-state index >= 15 is 0 Å². The third-order valence-corrected chi connectivity index (χ3v) is 7.43. The zero-order chi connectivity index (χ0) is 19.9. The van der Waals surface area contributed by atoms with Gasteiger partial charge in [-0.2, -0.15) is 9.78 Å². The lowest BCUT2D eigenvalue weighted by Crippen LogP contribution is -2.48. The zero-order valence-electron chi connectivity index (χ0n) is 14.7. The minimum Gasteiger partial charge on any atom is -0.365 e. The molecule has 0 spiro atoms. The molecule has 148 valence electrons. The first-order valence-electron chi connectivity index (χ1n) is 8.27. The summed E-state index contributed by atoms with van der Waals surface area (Å²) < 4.78 is 26.6. The molecule has 4 heterocycles. The number of aromatic nitrogens is 3. The van der Waals surface area contributed by atoms with Crippen molar-refractivity contribution in [1.82, 2.24) is 19.1 Å². The quantitative estimate of drug-likeness (QED) is 0.611. The predicted molar refractivity (Wildman–Crippen MR) is 110 cm³/mol. The molecular formula is C16H16ClN5O3S3. The molecule has 28 heavy (non-hydrogen) atoms. The smallest absolute Gasteiger partial charge is 0.299 e. The lowest BCUT2D eigenvalue weighted by Gasteiger charge is -2.35. The number of hydrogen-bond acceptors (Lipinski definition) is 8. The first kappa shape index (κ1) is 19.5. The maximum atomic E-state index is 12.8. The monoisotopic (exact) mass is 457 g/mol. The molecule has 1 aliphatic rings. The Labute approximate surface area is 174 Å². The van der Waals surface area contributed by atoms with E-state index < -0.39 is 10.0 Å². The second-order valence-corrected chi connectivity index (χ2v) is 10.9. The van der Waals surface area contributed by atoms with Crippen molar-refractivity contribution in [3.05, 3.63) is 49.7 Å². The summed E-state index contributed by atoms with van der Waals surface area (Å²) in [7, 11) is -3.21. The molecular weight excluding hydrogens is 442 g/mol. The second kappa shape index (κ2) is 7.56. The van der Waals surface area contributed by atoms with Gasteiger partial charge in [-0.1, -0.05) is 11.6 Å². The van der Waals surface area contributed by atoms with Gasteiger partial charge in [0, 0.05) is 35.3 Å². The summed E-state index contributed by atoms with van der Waals surface area (Å²) in [6.07, 6.45) is 1.19. The van der Waals surface area contributed by atoms with Crippen molar-refractivity contribution < 1.29 is 13.2 Å². The van der Waals surface area contributed by atoms with E-state index in [9.17, 15) is 13.2 Å². The molecule has 8 nitrogen and oxygen atoms in total. The standard InChI is InChI=1S/C16H16ClN5O3S3/c1-28(24,25)21-6-10(7-21)12-4-15(18-5-11-2-3-14(17)27-11)22(20-12)16(23)13-8-26-9-19-13/h2-4,8-10,18H,5-7H2,1H3. The lowest BCUT2D eigenvalue weighted by molar-refractivity contribution is 0.0942. The van der Waals surface area contributed by atoms with Crippen LogP contribution in [-0.4, -0.2) is 52.7 Å². The number of thiazole rings is 1. The Morgan fingerprint density at radius 1 is 1.39 bits per heavy atom. The van der Waals surface area contributed by atoms with Crippen LogP contribution in [0.2, 0.25) is 4.34 Å². The molecule has 1 N–H and O–H groups in total. The predicted octanol–water partition coefficient (Wildman–Crippen LogP) is 2.71. The summed E-state index contributed by atoms with van der Waals surface area (Å²) in [5.74, 6) is 0.157. The molecule has 0 amide bonds. The number of carbonyl (C=O) groups excluding carboxylic acids is 1. The number of halogens is 1. The van der Waals surface area contributed by atoms with Crippen molar-refractivity contribution in [2.75, 3.05) is 24.7 Å². The van der Waals surface area contributed by atoms with Gasteiger partial charge in [0.15, 0.2) is 0 Å². The van der Waals surface area contributed by atoms with Crippen molar-refractivity contribution >= 4 is 56.0 Å². The van der Waals surface area contributed by atoms with E-state index in [4.69, 9.17) is 11.6 Å². The average Bonchev–Trinajstić information content (AvgIpc) is 3.30. The summed E-state index contributed by atoms with van der Waals surface area (Å²) >= 11 is 8.76. The average molecular weight is 458 g/mol. The van der Waals surface area contributed by atoms with E-state index in [0.717, 1.165) is 4.88 Å². The SMILES string of the molecule is CS(=O)(=O)N1CC(c2cc(NCc3ccc(Cl)s3)n(C(=O)c3cscn3)n2)C1. The lowest BCUT2D eigenvalue weighted by atomic mass is 10.00. The molecule has 1 fully saturated rings. The van der Waals surface area contributed by atoms with Gasteiger partial charge in [-0.25, -0.2) is 17.7 Å². The largest absolute Gasteiger partial charge is 0.365 e. The highest BCUT2D eigenvalue weighted by atomic mass is 35.5. The van der Waals surface area contributed by atoms with Crippen LogP contribution in [0.15, 0.2) is 29.1 Å². The highest BCUT2D eigenvalue weighted by Gasteiger charge is 2.36. The Hall–Kier alpha value is -1.79. The number of nitrogens with one attached hydrogen (secondary N) is 1. The van der Waals surface area contributed by atoms with E-state index in [1.54, 1.807) is 17.0 Å². The molecule has 0 aliphatic carbocycles. The first-order valence-corrected chi connectivity index (χ1v) is 12.3. The van der Waals surface area contributed by atoms with Gasteiger partial charge in [0.1, 0.15) is 11.5 Å². The number of hydrogen-bond donors (Lipinski definition) is 1. The van der Waals surface area contributed by atoms with Gasteiger partial charge in [-0.3, -0.25) is 4.79 Å². The molecule has 0 saturated carbocycles. The fourth-order valence-corrected chi connectivity index (χ4v) is 5.28. The van der Waals surface area contributed by atoms with Crippen LogP contribution < -0.4 is 5.32 Å². The summed E-state index contributed by atoms with van der Waals surface area (Å²) in [5, 5.41) is 9.34. The van der Waals surface area contributed by atoms with E-state index in [1.165, 1.54) is 37.9 Å². The van der Waals surface area contributed by atoms with E-state index in [0.29, 0.717) is 41.2 Å². The van der Waals surface area contributed by atoms with Gasteiger partial charge in [0.2, 0.25) is 10.0 Å². The Kier molecular flexibility index (Phi) is 5.27. The van der Waals surface area contributed by atoms with Crippen LogP contribution in [0.4, 0.5) is 5.82 Å². The van der Waals surface area contributed by atoms with Gasteiger partial charge in [-0.15, -0.1) is 22.7 Å². The second-order valence-electron chi connectivity index (χ2n) is 6.38. The molecule has 3 aromatic rings. The van der Waals surface area contributed by atoms with E-state index in [-0.39, 0.29) is 11.8 Å². The van der Waals surface area contributed by atoms with Crippen LogP contribution >= 0.6 is 34.3 Å². The van der Waals surface area contributed by atoms with Gasteiger partial charge < -0.3 is 5.32 Å². The topological polar surface area (TPSA) is 97.2 Å². The highest BCUT2D eigenvalue weighted by molar-refractivity contribution is 7.88. The van der Waals surface area contributed by atoms with Gasteiger partial charge >= 0.3 is 0 Å². The van der Waals surface area contributed by atoms with Crippen molar-refractivity contribution in [3.63, 3.8) is 0 Å². The molecule has 1 saturated heterocycles. The molecule has 0 radical (unpaired) electrons. The summed E-state index contributed by atoms with van der Waals surface area (Å²) in [6, 6.07) is 5.53. The molecule has 4 rings (SSSR count). The highest BCUT2D eigenvalue weighted by Crippen LogP contribution is 2.30. The van der Waals surface area contributed by atoms with Crippen LogP contribution in [0.25, 0.3) is 0 Å². The normalized spacial score (nSPS) is 15.5.